The number of benzene rings is 1. The van der Waals surface area contributed by atoms with Crippen LogP contribution in [0.4, 0.5) is 0 Å². The van der Waals surface area contributed by atoms with Crippen LogP contribution in [0.2, 0.25) is 0 Å². The smallest absolute Gasteiger partial charge is 0.0966 e. The summed E-state index contributed by atoms with van der Waals surface area (Å²) < 4.78 is 1.68. The molecule has 1 atom stereocenters. The number of nitrogens with zero attached hydrogens (tertiary/aromatic N) is 4. The van der Waals surface area contributed by atoms with E-state index in [-0.39, 0.29) is 6.10 Å². The Labute approximate surface area is 113 Å². The third kappa shape index (κ3) is 4.46. The van der Waals surface area contributed by atoms with Crippen molar-refractivity contribution in [1.82, 2.24) is 19.9 Å². The summed E-state index contributed by atoms with van der Waals surface area (Å²) in [7, 11) is 3.82. The zero-order chi connectivity index (χ0) is 13.7. The zero-order valence-electron chi connectivity index (χ0n) is 11.4. The molecule has 0 saturated carbocycles. The van der Waals surface area contributed by atoms with Crippen molar-refractivity contribution in [3.63, 3.8) is 0 Å². The number of hydrogen-bond acceptors (Lipinski definition) is 4. The molecule has 5 heteroatoms. The van der Waals surface area contributed by atoms with Crippen LogP contribution in [0.25, 0.3) is 0 Å². The highest BCUT2D eigenvalue weighted by Gasteiger charge is 2.10. The van der Waals surface area contributed by atoms with Gasteiger partial charge >= 0.3 is 0 Å². The molecule has 2 rings (SSSR count). The lowest BCUT2D eigenvalue weighted by Crippen LogP contribution is -2.30. The van der Waals surface area contributed by atoms with E-state index in [4.69, 9.17) is 0 Å². The fraction of sp³-hybridized carbons (Fsp3) is 0.429. The van der Waals surface area contributed by atoms with E-state index in [1.807, 2.05) is 50.6 Å². The van der Waals surface area contributed by atoms with Crippen molar-refractivity contribution in [2.75, 3.05) is 13.6 Å². The van der Waals surface area contributed by atoms with Gasteiger partial charge in [-0.05, 0) is 19.0 Å². The molecular formula is C14H20N4O. The zero-order valence-corrected chi connectivity index (χ0v) is 11.4. The number of aliphatic hydroxyl groups is 1. The summed E-state index contributed by atoms with van der Waals surface area (Å²) in [6, 6.07) is 10.0. The van der Waals surface area contributed by atoms with E-state index in [2.05, 4.69) is 15.2 Å². The van der Waals surface area contributed by atoms with Crippen LogP contribution in [-0.4, -0.2) is 44.7 Å². The number of aliphatic hydroxyl groups excluding tert-OH is 1. The molecule has 2 aromatic rings. The molecule has 102 valence electrons. The molecule has 0 spiro atoms. The predicted molar refractivity (Wildman–Crippen MR) is 73.5 cm³/mol. The fourth-order valence-electron chi connectivity index (χ4n) is 2.12. The number of rotatable bonds is 6. The molecule has 0 fully saturated rings. The van der Waals surface area contributed by atoms with Crippen molar-refractivity contribution in [2.24, 2.45) is 7.05 Å². The monoisotopic (exact) mass is 260 g/mol. The second-order valence-corrected chi connectivity index (χ2v) is 4.92. The van der Waals surface area contributed by atoms with Crippen molar-refractivity contribution in [1.29, 1.82) is 0 Å². The summed E-state index contributed by atoms with van der Waals surface area (Å²) in [4.78, 5) is 2.05. The lowest BCUT2D eigenvalue weighted by molar-refractivity contribution is 0.122. The van der Waals surface area contributed by atoms with E-state index in [1.165, 1.54) is 0 Å². The van der Waals surface area contributed by atoms with Crippen LogP contribution in [0.5, 0.6) is 0 Å². The highest BCUT2D eigenvalue weighted by atomic mass is 16.3. The van der Waals surface area contributed by atoms with Gasteiger partial charge in [0, 0.05) is 26.3 Å². The average molecular weight is 260 g/mol. The van der Waals surface area contributed by atoms with Crippen LogP contribution in [-0.2, 0) is 20.0 Å². The largest absolute Gasteiger partial charge is 0.391 e. The fourth-order valence-corrected chi connectivity index (χ4v) is 2.12. The van der Waals surface area contributed by atoms with E-state index in [0.717, 1.165) is 11.3 Å². The summed E-state index contributed by atoms with van der Waals surface area (Å²) >= 11 is 0. The molecule has 0 aliphatic carbocycles. The minimum Gasteiger partial charge on any atom is -0.391 e. The Balaban J connectivity index is 1.80. The van der Waals surface area contributed by atoms with E-state index in [1.54, 1.807) is 4.68 Å². The Bertz CT molecular complexity index is 497. The second kappa shape index (κ2) is 6.45. The molecule has 1 N–H and O–H groups in total. The molecule has 0 radical (unpaired) electrons. The van der Waals surface area contributed by atoms with Gasteiger partial charge in [-0.15, -0.1) is 5.10 Å². The van der Waals surface area contributed by atoms with Crippen LogP contribution in [0.3, 0.4) is 0 Å². The number of hydrogen-bond donors (Lipinski definition) is 1. The van der Waals surface area contributed by atoms with Crippen LogP contribution in [0, 0.1) is 0 Å². The first kappa shape index (κ1) is 13.7. The van der Waals surface area contributed by atoms with Gasteiger partial charge in [0.25, 0.3) is 0 Å². The summed E-state index contributed by atoms with van der Waals surface area (Å²) in [5.41, 5.74) is 2.07. The molecule has 5 nitrogen and oxygen atoms in total. The van der Waals surface area contributed by atoms with Gasteiger partial charge in [-0.3, -0.25) is 9.58 Å². The van der Waals surface area contributed by atoms with Crippen LogP contribution in [0.1, 0.15) is 11.3 Å². The topological polar surface area (TPSA) is 54.2 Å². The molecule has 1 unspecified atom stereocenters. The van der Waals surface area contributed by atoms with Gasteiger partial charge < -0.3 is 5.11 Å². The van der Waals surface area contributed by atoms with E-state index in [0.29, 0.717) is 19.5 Å². The molecule has 1 heterocycles. The molecule has 1 aromatic heterocycles. The molecule has 0 aliphatic rings. The molecule has 0 aliphatic heterocycles. The lowest BCUT2D eigenvalue weighted by Gasteiger charge is -2.19. The Morgan fingerprint density at radius 1 is 1.32 bits per heavy atom. The Morgan fingerprint density at radius 3 is 2.68 bits per heavy atom. The summed E-state index contributed by atoms with van der Waals surface area (Å²) in [5.74, 6) is 0. The van der Waals surface area contributed by atoms with Gasteiger partial charge in [0.1, 0.15) is 0 Å². The highest BCUT2D eigenvalue weighted by molar-refractivity contribution is 5.15. The third-order valence-corrected chi connectivity index (χ3v) is 2.92. The number of aryl methyl sites for hydroxylation is 1. The van der Waals surface area contributed by atoms with Crippen molar-refractivity contribution < 1.29 is 5.11 Å². The molecule has 0 saturated heterocycles. The Kier molecular flexibility index (Phi) is 4.65. The first-order valence-electron chi connectivity index (χ1n) is 6.39. The Morgan fingerprint density at radius 2 is 2.05 bits per heavy atom. The van der Waals surface area contributed by atoms with Crippen molar-refractivity contribution in [2.45, 2.75) is 19.1 Å². The number of likely N-dealkylation sites (N-methyl/N-ethyl adjacent to an activating group) is 1. The average Bonchev–Trinajstić information content (AvgIpc) is 2.75. The minimum atomic E-state index is -0.371. The standard InChI is InChI=1S/C14H20N4O/c1-17(9-13-10-18(2)16-15-13)11-14(19)8-12-6-4-3-5-7-12/h3-7,10,14,19H,8-9,11H2,1-2H3. The summed E-state index contributed by atoms with van der Waals surface area (Å²) in [6.07, 6.45) is 2.19. The maximum atomic E-state index is 10.1. The van der Waals surface area contributed by atoms with E-state index in [9.17, 15) is 5.11 Å². The molecule has 0 amide bonds. The van der Waals surface area contributed by atoms with Crippen molar-refractivity contribution in [3.8, 4) is 0 Å². The van der Waals surface area contributed by atoms with Gasteiger partial charge in [0.15, 0.2) is 0 Å². The third-order valence-electron chi connectivity index (χ3n) is 2.92. The summed E-state index contributed by atoms with van der Waals surface area (Å²) in [6.45, 7) is 1.31. The van der Waals surface area contributed by atoms with Crippen LogP contribution >= 0.6 is 0 Å². The highest BCUT2D eigenvalue weighted by Crippen LogP contribution is 2.05. The predicted octanol–water partition coefficient (Wildman–Crippen LogP) is 0.850. The summed E-state index contributed by atoms with van der Waals surface area (Å²) in [5, 5.41) is 18.0. The molecule has 1 aromatic carbocycles. The van der Waals surface area contributed by atoms with Crippen molar-refractivity contribution >= 4 is 0 Å². The van der Waals surface area contributed by atoms with Gasteiger partial charge in [0.2, 0.25) is 0 Å². The normalized spacial score (nSPS) is 12.8. The molecule has 19 heavy (non-hydrogen) atoms. The first-order chi connectivity index (χ1) is 9.13. The first-order valence-corrected chi connectivity index (χ1v) is 6.39. The van der Waals surface area contributed by atoms with Gasteiger partial charge in [-0.1, -0.05) is 35.5 Å². The van der Waals surface area contributed by atoms with E-state index >= 15 is 0 Å². The minimum absolute atomic E-state index is 0.371. The maximum absolute atomic E-state index is 10.1. The SMILES string of the molecule is CN(Cc1cn(C)nn1)CC(O)Cc1ccccc1. The van der Waals surface area contributed by atoms with Gasteiger partial charge in [-0.2, -0.15) is 0 Å². The lowest BCUT2D eigenvalue weighted by atomic mass is 10.1. The van der Waals surface area contributed by atoms with Crippen LogP contribution < -0.4 is 0 Å². The molecule has 0 bridgehead atoms. The Hall–Kier alpha value is -1.72. The maximum Gasteiger partial charge on any atom is 0.0966 e. The second-order valence-electron chi connectivity index (χ2n) is 4.92. The van der Waals surface area contributed by atoms with Gasteiger partial charge in [-0.25, -0.2) is 0 Å². The molecular weight excluding hydrogens is 240 g/mol. The van der Waals surface area contributed by atoms with Crippen LogP contribution in [0.15, 0.2) is 36.5 Å². The quantitative estimate of drug-likeness (QED) is 0.836. The van der Waals surface area contributed by atoms with Crippen molar-refractivity contribution in [3.05, 3.63) is 47.8 Å². The number of aromatic nitrogens is 3. The van der Waals surface area contributed by atoms with E-state index < -0.39 is 0 Å². The van der Waals surface area contributed by atoms with Gasteiger partial charge in [0.05, 0.1) is 11.8 Å².